The van der Waals surface area contributed by atoms with Gasteiger partial charge in [-0.2, -0.15) is 0 Å². The zero-order valence-electron chi connectivity index (χ0n) is 8.79. The summed E-state index contributed by atoms with van der Waals surface area (Å²) in [5, 5.41) is 0.538. The van der Waals surface area contributed by atoms with Gasteiger partial charge in [-0.15, -0.1) is 23.2 Å². The van der Waals surface area contributed by atoms with Crippen LogP contribution in [0.25, 0.3) is 0 Å². The van der Waals surface area contributed by atoms with Crippen molar-refractivity contribution >= 4 is 0 Å². The van der Waals surface area contributed by atoms with Crippen LogP contribution >= 0.6 is 0 Å². The first kappa shape index (κ1) is 11.7. The van der Waals surface area contributed by atoms with Gasteiger partial charge in [0, 0.05) is 5.92 Å². The molecule has 0 bridgehead atoms. The van der Waals surface area contributed by atoms with Crippen molar-refractivity contribution in [3.8, 4) is 0 Å². The lowest BCUT2D eigenvalue weighted by atomic mass is 9.87. The Morgan fingerprint density at radius 3 is 2.56 bits per heavy atom. The monoisotopic (exact) mass is 237 g/mol. The van der Waals surface area contributed by atoms with Gasteiger partial charge < -0.3 is 0 Å². The molecule has 2 aliphatic rings. The third kappa shape index (κ3) is 2.89. The van der Waals surface area contributed by atoms with Crippen LogP contribution in [0.1, 0.15) is 32.1 Å². The highest BCUT2D eigenvalue weighted by atomic mass is 19.4. The van der Waals surface area contributed by atoms with Crippen LogP contribution in [0, 0.1) is 5.92 Å². The fraction of sp³-hybridized carbons (Fsp3) is 0.800. The lowest BCUT2D eigenvalue weighted by Gasteiger charge is -2.28. The quantitative estimate of drug-likeness (QED) is 0.736. The van der Waals surface area contributed by atoms with Gasteiger partial charge in [0.25, 0.3) is 0 Å². The number of hydrogen-bond acceptors (Lipinski definition) is 3. The molecule has 6 heteroatoms. The summed E-state index contributed by atoms with van der Waals surface area (Å²) in [6.07, 6.45) is 2.06. The molecule has 0 N–H and O–H groups in total. The predicted octanol–water partition coefficient (Wildman–Crippen LogP) is 3.15. The molecule has 1 aliphatic carbocycles. The Hall–Kier alpha value is -0.750. The maximum Gasteiger partial charge on any atom is 0.545 e. The van der Waals surface area contributed by atoms with Gasteiger partial charge in [0.15, 0.2) is 0 Å². The van der Waals surface area contributed by atoms with E-state index in [1.165, 1.54) is 0 Å². The maximum absolute atomic E-state index is 12.1. The highest BCUT2D eigenvalue weighted by molar-refractivity contribution is 5.06. The van der Waals surface area contributed by atoms with Crippen molar-refractivity contribution in [3.63, 3.8) is 0 Å². The number of nitrogens with zero attached hydrogens (tertiary/aromatic N) is 1. The first-order valence-corrected chi connectivity index (χ1v) is 5.45. The van der Waals surface area contributed by atoms with Crippen LogP contribution in [0.4, 0.5) is 13.2 Å². The Morgan fingerprint density at radius 1 is 1.25 bits per heavy atom. The minimum Gasteiger partial charge on any atom is -0.244 e. The summed E-state index contributed by atoms with van der Waals surface area (Å²) in [6.45, 7) is 0.155. The van der Waals surface area contributed by atoms with Crippen LogP contribution in [-0.4, -0.2) is 18.2 Å². The average Bonchev–Trinajstić information content (AvgIpc) is 2.64. The first-order chi connectivity index (χ1) is 7.56. The van der Waals surface area contributed by atoms with Crippen LogP contribution in [0.15, 0.2) is 11.8 Å². The first-order valence-electron chi connectivity index (χ1n) is 5.45. The largest absolute Gasteiger partial charge is 0.545 e. The highest BCUT2D eigenvalue weighted by Gasteiger charge is 2.38. The van der Waals surface area contributed by atoms with E-state index in [0.717, 1.165) is 32.1 Å². The number of allylic oxidation sites excluding steroid dienone is 1. The van der Waals surface area contributed by atoms with Crippen molar-refractivity contribution in [2.75, 3.05) is 6.61 Å². The summed E-state index contributed by atoms with van der Waals surface area (Å²) >= 11 is 0. The molecule has 0 amide bonds. The van der Waals surface area contributed by atoms with Crippen LogP contribution in [0.2, 0.25) is 0 Å². The van der Waals surface area contributed by atoms with Gasteiger partial charge >= 0.3 is 6.36 Å². The topological polar surface area (TPSA) is 21.7 Å². The summed E-state index contributed by atoms with van der Waals surface area (Å²) in [5.41, 5.74) is 0.525. The second kappa shape index (κ2) is 4.63. The van der Waals surface area contributed by atoms with E-state index in [2.05, 4.69) is 4.84 Å². The normalized spacial score (nSPS) is 23.7. The standard InChI is InChI=1S/C10H14F3NO2/c11-10(12,13)16-14-9(6-7-15-14)8-4-2-1-3-5-8/h6,8H,1-5,7H2. The molecule has 1 saturated carbocycles. The molecule has 0 aromatic carbocycles. The lowest BCUT2D eigenvalue weighted by Crippen LogP contribution is -2.31. The van der Waals surface area contributed by atoms with E-state index in [1.807, 2.05) is 0 Å². The second-order valence-electron chi connectivity index (χ2n) is 4.05. The third-order valence-electron chi connectivity index (χ3n) is 2.90. The number of hydroxylamine groups is 2. The smallest absolute Gasteiger partial charge is 0.244 e. The molecular weight excluding hydrogens is 223 g/mol. The molecule has 0 unspecified atom stereocenters. The van der Waals surface area contributed by atoms with E-state index >= 15 is 0 Å². The molecule has 92 valence electrons. The highest BCUT2D eigenvalue weighted by Crippen LogP contribution is 2.35. The molecule has 3 nitrogen and oxygen atoms in total. The summed E-state index contributed by atoms with van der Waals surface area (Å²) in [5.74, 6) is 0.138. The summed E-state index contributed by atoms with van der Waals surface area (Å²) < 4.78 is 36.2. The number of rotatable bonds is 2. The molecule has 16 heavy (non-hydrogen) atoms. The van der Waals surface area contributed by atoms with E-state index in [4.69, 9.17) is 4.84 Å². The van der Waals surface area contributed by atoms with Gasteiger partial charge in [-0.05, 0) is 18.9 Å². The van der Waals surface area contributed by atoms with E-state index in [1.54, 1.807) is 6.08 Å². The molecule has 2 rings (SSSR count). The van der Waals surface area contributed by atoms with Crippen molar-refractivity contribution in [3.05, 3.63) is 11.8 Å². The second-order valence-corrected chi connectivity index (χ2v) is 4.05. The SMILES string of the molecule is FC(F)(F)ON1OCC=C1C1CCCCC1. The van der Waals surface area contributed by atoms with Gasteiger partial charge in [-0.1, -0.05) is 19.3 Å². The lowest BCUT2D eigenvalue weighted by molar-refractivity contribution is -0.478. The van der Waals surface area contributed by atoms with E-state index < -0.39 is 6.36 Å². The van der Waals surface area contributed by atoms with E-state index in [0.29, 0.717) is 10.9 Å². The Morgan fingerprint density at radius 2 is 1.94 bits per heavy atom. The molecule has 0 atom stereocenters. The minimum absolute atomic E-state index is 0.138. The van der Waals surface area contributed by atoms with Crippen molar-refractivity contribution in [2.24, 2.45) is 5.92 Å². The number of halogens is 3. The van der Waals surface area contributed by atoms with Gasteiger partial charge in [-0.3, -0.25) is 0 Å². The van der Waals surface area contributed by atoms with E-state index in [9.17, 15) is 13.2 Å². The summed E-state index contributed by atoms with van der Waals surface area (Å²) in [4.78, 5) is 8.60. The molecule has 0 radical (unpaired) electrons. The van der Waals surface area contributed by atoms with Crippen molar-refractivity contribution in [1.29, 1.82) is 0 Å². The summed E-state index contributed by atoms with van der Waals surface area (Å²) in [6, 6.07) is 0. The Bertz CT molecular complexity index is 272. The average molecular weight is 237 g/mol. The molecule has 0 aromatic rings. The minimum atomic E-state index is -4.70. The molecule has 1 aliphatic heterocycles. The van der Waals surface area contributed by atoms with Gasteiger partial charge in [0.2, 0.25) is 0 Å². The van der Waals surface area contributed by atoms with Gasteiger partial charge in [0.05, 0.1) is 12.3 Å². The van der Waals surface area contributed by atoms with Crippen molar-refractivity contribution in [1.82, 2.24) is 5.23 Å². The number of alkyl halides is 3. The van der Waals surface area contributed by atoms with Crippen LogP contribution in [0.5, 0.6) is 0 Å². The third-order valence-corrected chi connectivity index (χ3v) is 2.90. The molecule has 1 heterocycles. The van der Waals surface area contributed by atoms with Gasteiger partial charge in [-0.25, -0.2) is 4.84 Å². The molecule has 0 saturated heterocycles. The Balaban J connectivity index is 1.97. The van der Waals surface area contributed by atoms with Crippen LogP contribution in [-0.2, 0) is 9.68 Å². The van der Waals surface area contributed by atoms with E-state index in [-0.39, 0.29) is 12.5 Å². The molecular formula is C10H14F3NO2. The molecule has 0 aromatic heterocycles. The van der Waals surface area contributed by atoms with Crippen LogP contribution in [0.3, 0.4) is 0 Å². The number of hydrogen-bond donors (Lipinski definition) is 0. The van der Waals surface area contributed by atoms with Gasteiger partial charge in [0.1, 0.15) is 0 Å². The summed E-state index contributed by atoms with van der Waals surface area (Å²) in [7, 11) is 0. The zero-order valence-corrected chi connectivity index (χ0v) is 8.79. The fourth-order valence-electron chi connectivity index (χ4n) is 2.23. The molecule has 0 spiro atoms. The maximum atomic E-state index is 12.1. The Kier molecular flexibility index (Phi) is 3.39. The fourth-order valence-corrected chi connectivity index (χ4v) is 2.23. The van der Waals surface area contributed by atoms with Crippen LogP contribution < -0.4 is 0 Å². The van der Waals surface area contributed by atoms with Crippen molar-refractivity contribution in [2.45, 2.75) is 38.5 Å². The predicted molar refractivity (Wildman–Crippen MR) is 49.6 cm³/mol. The van der Waals surface area contributed by atoms with Crippen molar-refractivity contribution < 1.29 is 22.8 Å². The Labute approximate surface area is 91.7 Å². The molecule has 1 fully saturated rings. The zero-order chi connectivity index (χ0) is 11.6.